The van der Waals surface area contributed by atoms with Crippen molar-refractivity contribution in [3.05, 3.63) is 39.4 Å². The molecule has 6 heteroatoms. The lowest BCUT2D eigenvalue weighted by Crippen LogP contribution is -1.92. The van der Waals surface area contributed by atoms with Gasteiger partial charge in [-0.15, -0.1) is 0 Å². The molecule has 1 aromatic rings. The van der Waals surface area contributed by atoms with Crippen molar-refractivity contribution in [2.75, 3.05) is 12.3 Å². The molecule has 15 heavy (non-hydrogen) atoms. The van der Waals surface area contributed by atoms with Gasteiger partial charge in [0.25, 0.3) is 0 Å². The summed E-state index contributed by atoms with van der Waals surface area (Å²) in [5.74, 6) is 0.430. The molecule has 0 fully saturated rings. The molecule has 0 saturated heterocycles. The van der Waals surface area contributed by atoms with Gasteiger partial charge in [-0.25, -0.2) is 4.98 Å². The highest BCUT2D eigenvalue weighted by Gasteiger charge is 1.96. The molecule has 0 aliphatic rings. The second kappa shape index (κ2) is 5.90. The van der Waals surface area contributed by atoms with Crippen molar-refractivity contribution in [3.8, 4) is 0 Å². The van der Waals surface area contributed by atoms with Crippen molar-refractivity contribution in [2.24, 2.45) is 5.11 Å². The fraction of sp³-hybridized carbons (Fsp3) is 0.222. The zero-order chi connectivity index (χ0) is 11.1. The minimum Gasteiger partial charge on any atom is -0.383 e. The van der Waals surface area contributed by atoms with Gasteiger partial charge in [0.05, 0.1) is 5.02 Å². The monoisotopic (exact) mass is 223 g/mol. The van der Waals surface area contributed by atoms with Gasteiger partial charge in [-0.3, -0.25) is 0 Å². The second-order valence-electron chi connectivity index (χ2n) is 2.77. The van der Waals surface area contributed by atoms with Gasteiger partial charge in [0.2, 0.25) is 0 Å². The first-order chi connectivity index (χ1) is 7.24. The van der Waals surface area contributed by atoms with E-state index < -0.39 is 0 Å². The normalized spacial score (nSPS) is 10.2. The van der Waals surface area contributed by atoms with Crippen LogP contribution in [-0.4, -0.2) is 11.5 Å². The SMILES string of the molecule is [N-]=[N+]=NCCC=Cc1cc(Cl)cnc1N. The zero-order valence-electron chi connectivity index (χ0n) is 7.97. The van der Waals surface area contributed by atoms with Crippen molar-refractivity contribution < 1.29 is 0 Å². The van der Waals surface area contributed by atoms with Crippen molar-refractivity contribution in [3.63, 3.8) is 0 Å². The average molecular weight is 224 g/mol. The summed E-state index contributed by atoms with van der Waals surface area (Å²) in [6, 6.07) is 1.73. The molecule has 1 aromatic heterocycles. The molecule has 0 spiro atoms. The van der Waals surface area contributed by atoms with E-state index in [9.17, 15) is 0 Å². The molecule has 0 atom stereocenters. The molecule has 0 aliphatic heterocycles. The Bertz CT molecular complexity index is 409. The number of pyridine rings is 1. The first kappa shape index (κ1) is 11.4. The molecular formula is C9H10ClN5. The summed E-state index contributed by atoms with van der Waals surface area (Å²) >= 11 is 5.76. The van der Waals surface area contributed by atoms with Crippen LogP contribution < -0.4 is 5.73 Å². The summed E-state index contributed by atoms with van der Waals surface area (Å²) < 4.78 is 0. The highest BCUT2D eigenvalue weighted by molar-refractivity contribution is 6.30. The molecule has 0 saturated carbocycles. The van der Waals surface area contributed by atoms with E-state index in [-0.39, 0.29) is 0 Å². The Balaban J connectivity index is 2.63. The average Bonchev–Trinajstić information content (AvgIpc) is 2.23. The third-order valence-electron chi connectivity index (χ3n) is 1.67. The van der Waals surface area contributed by atoms with Crippen LogP contribution in [-0.2, 0) is 0 Å². The van der Waals surface area contributed by atoms with Crippen LogP contribution in [0.25, 0.3) is 16.5 Å². The zero-order valence-corrected chi connectivity index (χ0v) is 8.72. The predicted molar refractivity (Wildman–Crippen MR) is 61.3 cm³/mol. The first-order valence-electron chi connectivity index (χ1n) is 4.32. The van der Waals surface area contributed by atoms with E-state index in [1.165, 1.54) is 6.20 Å². The van der Waals surface area contributed by atoms with Crippen LogP contribution in [0.5, 0.6) is 0 Å². The van der Waals surface area contributed by atoms with Gasteiger partial charge in [0.1, 0.15) is 5.82 Å². The minimum atomic E-state index is 0.430. The number of hydrogen-bond acceptors (Lipinski definition) is 3. The number of hydrogen-bond donors (Lipinski definition) is 1. The summed E-state index contributed by atoms with van der Waals surface area (Å²) in [5.41, 5.74) is 14.4. The molecule has 0 radical (unpaired) electrons. The Labute approximate surface area is 92.2 Å². The van der Waals surface area contributed by atoms with Crippen molar-refractivity contribution in [1.82, 2.24) is 4.98 Å². The van der Waals surface area contributed by atoms with E-state index in [1.807, 2.05) is 6.08 Å². The molecular weight excluding hydrogens is 214 g/mol. The van der Waals surface area contributed by atoms with Crippen LogP contribution >= 0.6 is 11.6 Å². The second-order valence-corrected chi connectivity index (χ2v) is 3.21. The molecule has 0 unspecified atom stereocenters. The van der Waals surface area contributed by atoms with Crippen molar-refractivity contribution in [2.45, 2.75) is 6.42 Å². The fourth-order valence-electron chi connectivity index (χ4n) is 0.986. The highest BCUT2D eigenvalue weighted by Crippen LogP contribution is 2.16. The lowest BCUT2D eigenvalue weighted by molar-refractivity contribution is 0.995. The number of halogens is 1. The predicted octanol–water partition coefficient (Wildman–Crippen LogP) is 3.03. The van der Waals surface area contributed by atoms with Gasteiger partial charge in [0.15, 0.2) is 0 Å². The number of azide groups is 1. The molecule has 0 amide bonds. The molecule has 1 rings (SSSR count). The van der Waals surface area contributed by atoms with Crippen LogP contribution in [0.4, 0.5) is 5.82 Å². The Morgan fingerprint density at radius 1 is 1.67 bits per heavy atom. The molecule has 2 N–H and O–H groups in total. The van der Waals surface area contributed by atoms with Gasteiger partial charge in [-0.1, -0.05) is 28.9 Å². The van der Waals surface area contributed by atoms with E-state index in [0.29, 0.717) is 23.8 Å². The van der Waals surface area contributed by atoms with Crippen LogP contribution in [0.2, 0.25) is 5.02 Å². The number of anilines is 1. The molecule has 78 valence electrons. The van der Waals surface area contributed by atoms with Crippen LogP contribution in [0.3, 0.4) is 0 Å². The maximum Gasteiger partial charge on any atom is 0.130 e. The molecule has 0 aliphatic carbocycles. The summed E-state index contributed by atoms with van der Waals surface area (Å²) in [6.45, 7) is 0.431. The van der Waals surface area contributed by atoms with E-state index in [2.05, 4.69) is 15.0 Å². The molecule has 1 heterocycles. The third kappa shape index (κ3) is 3.89. The maximum absolute atomic E-state index is 8.05. The summed E-state index contributed by atoms with van der Waals surface area (Å²) in [6.07, 6.45) is 5.82. The van der Waals surface area contributed by atoms with Gasteiger partial charge < -0.3 is 5.73 Å². The van der Waals surface area contributed by atoms with Gasteiger partial charge in [-0.2, -0.15) is 0 Å². The molecule has 0 bridgehead atoms. The van der Waals surface area contributed by atoms with Crippen molar-refractivity contribution in [1.29, 1.82) is 0 Å². The Morgan fingerprint density at radius 3 is 3.20 bits per heavy atom. The number of nitrogens with two attached hydrogens (primary N) is 1. The van der Waals surface area contributed by atoms with Gasteiger partial charge in [0, 0.05) is 23.2 Å². The number of nitrogens with zero attached hydrogens (tertiary/aromatic N) is 4. The van der Waals surface area contributed by atoms with E-state index in [4.69, 9.17) is 22.9 Å². The Kier molecular flexibility index (Phi) is 4.47. The molecule has 5 nitrogen and oxygen atoms in total. The van der Waals surface area contributed by atoms with Crippen molar-refractivity contribution >= 4 is 23.5 Å². The van der Waals surface area contributed by atoms with Crippen LogP contribution in [0, 0.1) is 0 Å². The number of rotatable bonds is 4. The summed E-state index contributed by atoms with van der Waals surface area (Å²) in [5, 5.41) is 3.94. The fourth-order valence-corrected chi connectivity index (χ4v) is 1.15. The summed E-state index contributed by atoms with van der Waals surface area (Å²) in [7, 11) is 0. The Hall–Kier alpha value is -1.71. The largest absolute Gasteiger partial charge is 0.383 e. The van der Waals surface area contributed by atoms with Crippen LogP contribution in [0.1, 0.15) is 12.0 Å². The quantitative estimate of drug-likeness (QED) is 0.368. The number of nitrogen functional groups attached to an aromatic ring is 1. The standard InChI is InChI=1S/C9H10ClN5/c10-8-5-7(9(11)13-6-8)3-1-2-4-14-15-12/h1,3,5-6H,2,4H2,(H2,11,13). The minimum absolute atomic E-state index is 0.430. The smallest absolute Gasteiger partial charge is 0.130 e. The number of aromatic nitrogens is 1. The van der Waals surface area contributed by atoms with Gasteiger partial charge >= 0.3 is 0 Å². The van der Waals surface area contributed by atoms with Crippen LogP contribution in [0.15, 0.2) is 23.5 Å². The molecule has 0 aromatic carbocycles. The Morgan fingerprint density at radius 2 is 2.47 bits per heavy atom. The van der Waals surface area contributed by atoms with Gasteiger partial charge in [-0.05, 0) is 18.0 Å². The lowest BCUT2D eigenvalue weighted by Gasteiger charge is -1.98. The maximum atomic E-state index is 8.05. The third-order valence-corrected chi connectivity index (χ3v) is 1.88. The van der Waals surface area contributed by atoms with E-state index >= 15 is 0 Å². The first-order valence-corrected chi connectivity index (χ1v) is 4.70. The summed E-state index contributed by atoms with van der Waals surface area (Å²) in [4.78, 5) is 6.55. The highest BCUT2D eigenvalue weighted by atomic mass is 35.5. The lowest BCUT2D eigenvalue weighted by atomic mass is 10.2. The topological polar surface area (TPSA) is 87.7 Å². The van der Waals surface area contributed by atoms with E-state index in [1.54, 1.807) is 12.1 Å². The van der Waals surface area contributed by atoms with E-state index in [0.717, 1.165) is 5.56 Å².